The third-order valence-corrected chi connectivity index (χ3v) is 6.62. The molecule has 1 aliphatic rings. The molecule has 0 spiro atoms. The molecule has 0 aliphatic carbocycles. The van der Waals surface area contributed by atoms with E-state index in [-0.39, 0.29) is 13.2 Å². The van der Waals surface area contributed by atoms with Gasteiger partial charge in [0.05, 0.1) is 18.3 Å². The van der Waals surface area contributed by atoms with Crippen molar-refractivity contribution in [2.75, 3.05) is 16.6 Å². The Bertz CT molecular complexity index is 1180. The fraction of sp³-hybridized carbons (Fsp3) is 0.174. The van der Waals surface area contributed by atoms with E-state index in [0.29, 0.717) is 29.8 Å². The lowest BCUT2D eigenvalue weighted by atomic mass is 10.0. The first kappa shape index (κ1) is 20.9. The summed E-state index contributed by atoms with van der Waals surface area (Å²) in [6.45, 7) is 0.293. The van der Waals surface area contributed by atoms with E-state index >= 15 is 0 Å². The van der Waals surface area contributed by atoms with Gasteiger partial charge in [0.25, 0.3) is 0 Å². The number of ether oxygens (including phenoxy) is 1. The molecule has 1 saturated heterocycles. The Morgan fingerprint density at radius 3 is 2.48 bits per heavy atom. The number of rotatable bonds is 7. The van der Waals surface area contributed by atoms with E-state index in [1.165, 1.54) is 4.31 Å². The summed E-state index contributed by atoms with van der Waals surface area (Å²) in [4.78, 5) is 11.2. The van der Waals surface area contributed by atoms with E-state index in [1.807, 2.05) is 66.7 Å². The molecule has 1 atom stereocenters. The third kappa shape index (κ3) is 4.70. The molecule has 1 fully saturated rings. The lowest BCUT2D eigenvalue weighted by molar-refractivity contribution is -0.108. The van der Waals surface area contributed by atoms with Gasteiger partial charge >= 0.3 is 10.2 Å². The highest BCUT2D eigenvalue weighted by molar-refractivity contribution is 7.91. The molecule has 1 heterocycles. The minimum absolute atomic E-state index is 0.0124. The number of hydrogen-bond acceptors (Lipinski definition) is 5. The van der Waals surface area contributed by atoms with Crippen LogP contribution in [0.3, 0.4) is 0 Å². The average molecular weight is 438 g/mol. The summed E-state index contributed by atoms with van der Waals surface area (Å²) < 4.78 is 34.7. The summed E-state index contributed by atoms with van der Waals surface area (Å²) in [6, 6.07) is 21.8. The van der Waals surface area contributed by atoms with Gasteiger partial charge in [0.15, 0.2) is 0 Å². The molecule has 0 saturated carbocycles. The molecule has 0 amide bonds. The molecule has 0 bridgehead atoms. The van der Waals surface area contributed by atoms with Crippen LogP contribution in [0.25, 0.3) is 0 Å². The van der Waals surface area contributed by atoms with Crippen molar-refractivity contribution < 1.29 is 17.9 Å². The Morgan fingerprint density at radius 1 is 1.03 bits per heavy atom. The molecule has 3 aromatic rings. The molecular weight excluding hydrogens is 414 g/mol. The van der Waals surface area contributed by atoms with Crippen LogP contribution in [0.1, 0.15) is 16.7 Å². The first-order valence-electron chi connectivity index (χ1n) is 9.84. The molecule has 31 heavy (non-hydrogen) atoms. The van der Waals surface area contributed by atoms with Gasteiger partial charge in [0.1, 0.15) is 18.6 Å². The normalized spacial score (nSPS) is 17.4. The maximum Gasteiger partial charge on any atom is 0.302 e. The number of carbonyl (C=O) groups excluding carboxylic acids is 1. The number of para-hydroxylation sites is 1. The summed E-state index contributed by atoms with van der Waals surface area (Å²) >= 11 is 0. The van der Waals surface area contributed by atoms with Crippen LogP contribution in [0.15, 0.2) is 72.8 Å². The molecule has 160 valence electrons. The van der Waals surface area contributed by atoms with E-state index < -0.39 is 16.3 Å². The molecule has 1 aliphatic heterocycles. The fourth-order valence-corrected chi connectivity index (χ4v) is 4.91. The highest BCUT2D eigenvalue weighted by Crippen LogP contribution is 2.34. The minimum Gasteiger partial charge on any atom is -0.487 e. The van der Waals surface area contributed by atoms with E-state index in [2.05, 4.69) is 4.72 Å². The lowest BCUT2D eigenvalue weighted by Crippen LogP contribution is -2.30. The zero-order chi connectivity index (χ0) is 21.8. The number of nitrogen functional groups attached to an aromatic ring is 1. The van der Waals surface area contributed by atoms with E-state index in [9.17, 15) is 13.2 Å². The number of carbonyl (C=O) groups is 1. The molecule has 7 nitrogen and oxygen atoms in total. The van der Waals surface area contributed by atoms with E-state index in [1.54, 1.807) is 6.07 Å². The van der Waals surface area contributed by atoms with Gasteiger partial charge in [-0.1, -0.05) is 54.6 Å². The van der Waals surface area contributed by atoms with Crippen molar-refractivity contribution in [1.82, 2.24) is 4.72 Å². The zero-order valence-corrected chi connectivity index (χ0v) is 17.6. The van der Waals surface area contributed by atoms with Crippen molar-refractivity contribution in [2.45, 2.75) is 19.1 Å². The highest BCUT2D eigenvalue weighted by atomic mass is 32.2. The van der Waals surface area contributed by atoms with Crippen LogP contribution in [0.2, 0.25) is 0 Å². The topological polar surface area (TPSA) is 102 Å². The molecule has 0 radical (unpaired) electrons. The van der Waals surface area contributed by atoms with Gasteiger partial charge in [0, 0.05) is 5.69 Å². The van der Waals surface area contributed by atoms with Gasteiger partial charge in [-0.3, -0.25) is 4.31 Å². The van der Waals surface area contributed by atoms with Crippen LogP contribution in [-0.4, -0.2) is 27.3 Å². The summed E-state index contributed by atoms with van der Waals surface area (Å²) in [5, 5.41) is 0. The zero-order valence-electron chi connectivity index (χ0n) is 16.8. The van der Waals surface area contributed by atoms with Crippen molar-refractivity contribution in [3.63, 3.8) is 0 Å². The predicted molar refractivity (Wildman–Crippen MR) is 120 cm³/mol. The second kappa shape index (κ2) is 8.79. The molecular formula is C23H23N3O4S. The first-order valence-corrected chi connectivity index (χ1v) is 11.3. The Hall–Kier alpha value is -3.36. The molecule has 0 aromatic heterocycles. The van der Waals surface area contributed by atoms with Crippen LogP contribution in [0.5, 0.6) is 5.75 Å². The van der Waals surface area contributed by atoms with Crippen molar-refractivity contribution in [1.29, 1.82) is 0 Å². The maximum absolute atomic E-state index is 12.6. The fourth-order valence-electron chi connectivity index (χ4n) is 3.51. The van der Waals surface area contributed by atoms with Gasteiger partial charge in [-0.2, -0.15) is 13.1 Å². The largest absolute Gasteiger partial charge is 0.487 e. The minimum atomic E-state index is -3.83. The van der Waals surface area contributed by atoms with Gasteiger partial charge in [0.2, 0.25) is 0 Å². The Balaban J connectivity index is 1.68. The summed E-state index contributed by atoms with van der Waals surface area (Å²) in [5.74, 6) is 0.424. The van der Waals surface area contributed by atoms with Crippen molar-refractivity contribution in [3.05, 3.63) is 89.5 Å². The SMILES string of the molecule is Nc1ccccc1Cc1ccc(N2CC(C=O)NS2(=O)=O)c(OCc2ccccc2)c1. The maximum atomic E-state index is 12.6. The van der Waals surface area contributed by atoms with Crippen molar-refractivity contribution in [3.8, 4) is 5.75 Å². The predicted octanol–water partition coefficient (Wildman–Crippen LogP) is 2.66. The Kier molecular flexibility index (Phi) is 5.92. The Morgan fingerprint density at radius 2 is 1.77 bits per heavy atom. The van der Waals surface area contributed by atoms with Gasteiger partial charge in [-0.25, -0.2) is 0 Å². The number of anilines is 2. The van der Waals surface area contributed by atoms with Gasteiger partial charge in [-0.15, -0.1) is 0 Å². The van der Waals surface area contributed by atoms with Gasteiger partial charge in [-0.05, 0) is 41.3 Å². The number of benzene rings is 3. The van der Waals surface area contributed by atoms with Crippen LogP contribution >= 0.6 is 0 Å². The van der Waals surface area contributed by atoms with Crippen LogP contribution in [0.4, 0.5) is 11.4 Å². The standard InChI is InChI=1S/C23H23N3O4S/c24-21-9-5-4-8-19(21)12-18-10-11-22(26-14-20(15-27)25-31(26,28)29)23(13-18)30-16-17-6-2-1-3-7-17/h1-11,13,15,20,25H,12,14,16,24H2. The monoisotopic (exact) mass is 437 g/mol. The summed E-state index contributed by atoms with van der Waals surface area (Å²) in [6.07, 6.45) is 1.17. The molecule has 1 unspecified atom stereocenters. The van der Waals surface area contributed by atoms with E-state index in [0.717, 1.165) is 16.7 Å². The lowest BCUT2D eigenvalue weighted by Gasteiger charge is -2.21. The number of aldehydes is 1. The van der Waals surface area contributed by atoms with Gasteiger partial charge < -0.3 is 15.3 Å². The molecule has 8 heteroatoms. The van der Waals surface area contributed by atoms with E-state index in [4.69, 9.17) is 10.5 Å². The second-order valence-electron chi connectivity index (χ2n) is 7.35. The Labute approximate surface area is 181 Å². The number of nitrogens with two attached hydrogens (primary N) is 1. The smallest absolute Gasteiger partial charge is 0.302 e. The number of nitrogens with zero attached hydrogens (tertiary/aromatic N) is 1. The molecule has 4 rings (SSSR count). The average Bonchev–Trinajstić information content (AvgIpc) is 3.09. The third-order valence-electron chi connectivity index (χ3n) is 5.10. The molecule has 3 N–H and O–H groups in total. The van der Waals surface area contributed by atoms with Crippen LogP contribution in [0, 0.1) is 0 Å². The van der Waals surface area contributed by atoms with Crippen LogP contribution < -0.4 is 19.5 Å². The second-order valence-corrected chi connectivity index (χ2v) is 8.98. The summed E-state index contributed by atoms with van der Waals surface area (Å²) in [5.41, 5.74) is 10.0. The number of nitrogens with one attached hydrogen (secondary N) is 1. The van der Waals surface area contributed by atoms with Crippen molar-refractivity contribution >= 4 is 27.9 Å². The quantitative estimate of drug-likeness (QED) is 0.437. The molecule has 3 aromatic carbocycles. The summed E-state index contributed by atoms with van der Waals surface area (Å²) in [7, 11) is -3.83. The van der Waals surface area contributed by atoms with Crippen LogP contribution in [-0.2, 0) is 28.0 Å². The number of hydrogen-bond donors (Lipinski definition) is 2. The first-order chi connectivity index (χ1) is 15.0. The highest BCUT2D eigenvalue weighted by Gasteiger charge is 2.36. The van der Waals surface area contributed by atoms with Crippen molar-refractivity contribution in [2.24, 2.45) is 0 Å².